The molecular formula is C20H19F3N4O3S2. The van der Waals surface area contributed by atoms with Crippen LogP contribution in [0.15, 0.2) is 24.4 Å². The highest BCUT2D eigenvalue weighted by Gasteiger charge is 2.36. The maximum Gasteiger partial charge on any atom is 0.445 e. The van der Waals surface area contributed by atoms with Crippen LogP contribution in [-0.2, 0) is 10.9 Å². The summed E-state index contributed by atoms with van der Waals surface area (Å²) in [6.07, 6.45) is -2.19. The van der Waals surface area contributed by atoms with Crippen LogP contribution in [0.3, 0.4) is 0 Å². The third-order valence-electron chi connectivity index (χ3n) is 4.63. The Bertz CT molecular complexity index is 1110. The summed E-state index contributed by atoms with van der Waals surface area (Å²) >= 11 is 1.89. The minimum atomic E-state index is -4.57. The molecule has 2 atom stereocenters. The average molecular weight is 485 g/mol. The van der Waals surface area contributed by atoms with Crippen molar-refractivity contribution in [2.75, 3.05) is 13.2 Å². The summed E-state index contributed by atoms with van der Waals surface area (Å²) in [4.78, 5) is 18.3. The lowest BCUT2D eigenvalue weighted by Gasteiger charge is -2.15. The van der Waals surface area contributed by atoms with Gasteiger partial charge in [-0.15, -0.1) is 21.5 Å². The van der Waals surface area contributed by atoms with E-state index >= 15 is 0 Å². The van der Waals surface area contributed by atoms with Gasteiger partial charge in [0.25, 0.3) is 5.91 Å². The van der Waals surface area contributed by atoms with Gasteiger partial charge in [0, 0.05) is 28.6 Å². The van der Waals surface area contributed by atoms with Gasteiger partial charge < -0.3 is 14.8 Å². The summed E-state index contributed by atoms with van der Waals surface area (Å²) in [5, 5.41) is 9.17. The largest absolute Gasteiger partial charge is 0.488 e. The maximum atomic E-state index is 12.9. The smallest absolute Gasteiger partial charge is 0.445 e. The zero-order valence-corrected chi connectivity index (χ0v) is 18.7. The second kappa shape index (κ2) is 9.12. The third-order valence-corrected chi connectivity index (χ3v) is 6.74. The highest BCUT2D eigenvalue weighted by atomic mass is 32.1. The molecule has 2 aromatic heterocycles. The molecule has 0 saturated carbocycles. The Labute approximate surface area is 189 Å². The summed E-state index contributed by atoms with van der Waals surface area (Å²) < 4.78 is 49.7. The number of alkyl halides is 3. The number of thiazole rings is 1. The van der Waals surface area contributed by atoms with E-state index in [4.69, 9.17) is 9.47 Å². The predicted molar refractivity (Wildman–Crippen MR) is 113 cm³/mol. The lowest BCUT2D eigenvalue weighted by Crippen LogP contribution is -2.26. The van der Waals surface area contributed by atoms with Crippen LogP contribution >= 0.6 is 22.7 Å². The standard InChI is InChI=1S/C20H19F3N4O3S2/c1-10-8-24-18(31-10)13-5-12(6-15(7-13)30-14-3-4-29-9-14)16(28)25-11(2)17-26-27-19(32-17)20(21,22)23/h5-8,11,14H,3-4,9H2,1-2H3,(H,25,28)/t11-,14+/m0/s1. The lowest BCUT2D eigenvalue weighted by atomic mass is 10.1. The first-order valence-corrected chi connectivity index (χ1v) is 11.4. The van der Waals surface area contributed by atoms with Gasteiger partial charge in [-0.1, -0.05) is 11.3 Å². The van der Waals surface area contributed by atoms with Gasteiger partial charge in [-0.3, -0.25) is 4.79 Å². The van der Waals surface area contributed by atoms with Crippen LogP contribution in [0.4, 0.5) is 13.2 Å². The number of amides is 1. The van der Waals surface area contributed by atoms with Crippen molar-refractivity contribution in [2.45, 2.75) is 38.6 Å². The second-order valence-electron chi connectivity index (χ2n) is 7.26. The Morgan fingerprint density at radius 1 is 1.28 bits per heavy atom. The number of carbonyl (C=O) groups excluding carboxylic acids is 1. The number of nitrogens with one attached hydrogen (secondary N) is 1. The molecule has 170 valence electrons. The lowest BCUT2D eigenvalue weighted by molar-refractivity contribution is -0.138. The van der Waals surface area contributed by atoms with E-state index in [1.165, 1.54) is 11.3 Å². The van der Waals surface area contributed by atoms with Crippen LogP contribution in [0, 0.1) is 6.92 Å². The Morgan fingerprint density at radius 3 is 2.72 bits per heavy atom. The maximum absolute atomic E-state index is 12.9. The first-order valence-electron chi connectivity index (χ1n) is 9.73. The number of nitrogens with zero attached hydrogens (tertiary/aromatic N) is 3. The van der Waals surface area contributed by atoms with Crippen molar-refractivity contribution in [3.8, 4) is 16.3 Å². The van der Waals surface area contributed by atoms with Crippen LogP contribution < -0.4 is 10.1 Å². The van der Waals surface area contributed by atoms with E-state index in [1.54, 1.807) is 25.3 Å². The number of hydrogen-bond donors (Lipinski definition) is 1. The molecule has 1 amide bonds. The molecule has 4 rings (SSSR count). The van der Waals surface area contributed by atoms with Gasteiger partial charge in [-0.2, -0.15) is 13.2 Å². The Morgan fingerprint density at radius 2 is 2.09 bits per heavy atom. The monoisotopic (exact) mass is 484 g/mol. The molecule has 12 heteroatoms. The zero-order chi connectivity index (χ0) is 22.9. The van der Waals surface area contributed by atoms with Gasteiger partial charge in [0.1, 0.15) is 21.9 Å². The Kier molecular flexibility index (Phi) is 6.45. The summed E-state index contributed by atoms with van der Waals surface area (Å²) in [7, 11) is 0. The summed E-state index contributed by atoms with van der Waals surface area (Å²) in [5.41, 5.74) is 1.02. The van der Waals surface area contributed by atoms with Crippen LogP contribution in [0.1, 0.15) is 44.6 Å². The number of aryl methyl sites for hydroxylation is 1. The summed E-state index contributed by atoms with van der Waals surface area (Å²) in [6, 6.07) is 4.34. The van der Waals surface area contributed by atoms with Gasteiger partial charge in [0.15, 0.2) is 0 Å². The summed E-state index contributed by atoms with van der Waals surface area (Å²) in [6.45, 7) is 4.57. The molecule has 1 fully saturated rings. The van der Waals surface area contributed by atoms with E-state index in [1.807, 2.05) is 13.0 Å². The number of rotatable bonds is 6. The van der Waals surface area contributed by atoms with Crippen molar-refractivity contribution in [3.63, 3.8) is 0 Å². The molecule has 1 aliphatic rings. The molecule has 0 spiro atoms. The number of hydrogen-bond acceptors (Lipinski definition) is 8. The fourth-order valence-electron chi connectivity index (χ4n) is 3.07. The van der Waals surface area contributed by atoms with E-state index < -0.39 is 23.1 Å². The minimum absolute atomic E-state index is 0.0666. The number of aromatic nitrogens is 3. The molecule has 7 nitrogen and oxygen atoms in total. The summed E-state index contributed by atoms with van der Waals surface area (Å²) in [5.74, 6) is 0.0304. The SMILES string of the molecule is Cc1cnc(-c2cc(O[C@@H]3CCOC3)cc(C(=O)N[C@@H](C)c3nnc(C(F)(F)F)s3)c2)s1. The zero-order valence-electron chi connectivity index (χ0n) is 17.1. The third kappa shape index (κ3) is 5.25. The molecule has 0 radical (unpaired) electrons. The molecule has 1 aliphatic heterocycles. The van der Waals surface area contributed by atoms with E-state index in [9.17, 15) is 18.0 Å². The number of halogens is 3. The Balaban J connectivity index is 1.57. The predicted octanol–water partition coefficient (Wildman–Crippen LogP) is 4.65. The van der Waals surface area contributed by atoms with Gasteiger partial charge in [-0.05, 0) is 32.0 Å². The van der Waals surface area contributed by atoms with Crippen molar-refractivity contribution < 1.29 is 27.4 Å². The molecular weight excluding hydrogens is 465 g/mol. The van der Waals surface area contributed by atoms with E-state index in [-0.39, 0.29) is 11.1 Å². The van der Waals surface area contributed by atoms with Crippen molar-refractivity contribution in [3.05, 3.63) is 44.9 Å². The molecule has 3 aromatic rings. The van der Waals surface area contributed by atoms with Crippen LogP contribution in [0.2, 0.25) is 0 Å². The Hall–Kier alpha value is -2.57. The fraction of sp³-hybridized carbons (Fsp3) is 0.400. The molecule has 0 bridgehead atoms. The van der Waals surface area contributed by atoms with E-state index in [0.29, 0.717) is 41.4 Å². The minimum Gasteiger partial charge on any atom is -0.488 e. The number of benzene rings is 1. The number of ether oxygens (including phenoxy) is 2. The van der Waals surface area contributed by atoms with Gasteiger partial charge >= 0.3 is 6.18 Å². The molecule has 1 saturated heterocycles. The van der Waals surface area contributed by atoms with Crippen molar-refractivity contribution in [2.24, 2.45) is 0 Å². The first kappa shape index (κ1) is 22.6. The quantitative estimate of drug-likeness (QED) is 0.548. The van der Waals surface area contributed by atoms with Crippen molar-refractivity contribution >= 4 is 28.6 Å². The van der Waals surface area contributed by atoms with E-state index in [2.05, 4.69) is 20.5 Å². The van der Waals surface area contributed by atoms with E-state index in [0.717, 1.165) is 16.3 Å². The molecule has 3 heterocycles. The van der Waals surface area contributed by atoms with Crippen molar-refractivity contribution in [1.82, 2.24) is 20.5 Å². The van der Waals surface area contributed by atoms with Gasteiger partial charge in [0.05, 0.1) is 19.3 Å². The molecule has 1 N–H and O–H groups in total. The molecule has 0 unspecified atom stereocenters. The van der Waals surface area contributed by atoms with Crippen LogP contribution in [0.5, 0.6) is 5.75 Å². The van der Waals surface area contributed by atoms with Crippen molar-refractivity contribution in [1.29, 1.82) is 0 Å². The fourth-order valence-corrected chi connectivity index (χ4v) is 4.54. The van der Waals surface area contributed by atoms with Gasteiger partial charge in [0.2, 0.25) is 5.01 Å². The van der Waals surface area contributed by atoms with Crippen LogP contribution in [-0.4, -0.2) is 40.4 Å². The highest BCUT2D eigenvalue weighted by molar-refractivity contribution is 7.15. The topological polar surface area (TPSA) is 86.2 Å². The van der Waals surface area contributed by atoms with Crippen LogP contribution in [0.25, 0.3) is 10.6 Å². The first-order chi connectivity index (χ1) is 15.2. The number of carbonyl (C=O) groups is 1. The molecule has 1 aromatic carbocycles. The van der Waals surface area contributed by atoms with Gasteiger partial charge in [-0.25, -0.2) is 4.98 Å². The normalized spacial score (nSPS) is 17.3. The highest BCUT2D eigenvalue weighted by Crippen LogP contribution is 2.34. The molecule has 0 aliphatic carbocycles. The second-order valence-corrected chi connectivity index (χ2v) is 9.51. The molecule has 32 heavy (non-hydrogen) atoms. The average Bonchev–Trinajstić information content (AvgIpc) is 3.49.